The highest BCUT2D eigenvalue weighted by Gasteiger charge is 2.07. The molecular formula is C19H30IN5S. The van der Waals surface area contributed by atoms with Crippen LogP contribution in [0, 0.1) is 6.92 Å². The van der Waals surface area contributed by atoms with Crippen molar-refractivity contribution in [2.24, 2.45) is 4.99 Å². The third-order valence-corrected chi connectivity index (χ3v) is 5.07. The van der Waals surface area contributed by atoms with Crippen molar-refractivity contribution in [3.8, 4) is 0 Å². The molecule has 0 unspecified atom stereocenters. The summed E-state index contributed by atoms with van der Waals surface area (Å²) in [5, 5.41) is 7.81. The zero-order valence-electron chi connectivity index (χ0n) is 16.1. The van der Waals surface area contributed by atoms with Gasteiger partial charge in [0.05, 0.1) is 6.54 Å². The van der Waals surface area contributed by atoms with Crippen LogP contribution in [0.5, 0.6) is 0 Å². The molecule has 26 heavy (non-hydrogen) atoms. The first-order valence-corrected chi connectivity index (χ1v) is 9.62. The zero-order chi connectivity index (χ0) is 18.1. The van der Waals surface area contributed by atoms with Gasteiger partial charge in [0.1, 0.15) is 5.01 Å². The molecule has 0 aliphatic carbocycles. The molecule has 0 aliphatic heterocycles. The third-order valence-electron chi connectivity index (χ3n) is 4.15. The summed E-state index contributed by atoms with van der Waals surface area (Å²) in [5.41, 5.74) is 2.67. The van der Waals surface area contributed by atoms with Gasteiger partial charge in [0, 0.05) is 31.2 Å². The lowest BCUT2D eigenvalue weighted by Crippen LogP contribution is -2.36. The quantitative estimate of drug-likeness (QED) is 0.338. The third kappa shape index (κ3) is 7.20. The van der Waals surface area contributed by atoms with Gasteiger partial charge in [0.15, 0.2) is 5.96 Å². The van der Waals surface area contributed by atoms with Crippen molar-refractivity contribution in [3.63, 3.8) is 0 Å². The van der Waals surface area contributed by atoms with E-state index in [-0.39, 0.29) is 24.0 Å². The fourth-order valence-corrected chi connectivity index (χ4v) is 3.34. The predicted octanol–water partition coefficient (Wildman–Crippen LogP) is 3.78. The van der Waals surface area contributed by atoms with Gasteiger partial charge in [0.2, 0.25) is 0 Å². The van der Waals surface area contributed by atoms with E-state index in [2.05, 4.69) is 70.5 Å². The molecule has 0 saturated heterocycles. The lowest BCUT2D eigenvalue weighted by Gasteiger charge is -2.20. The minimum Gasteiger partial charge on any atom is -0.352 e. The van der Waals surface area contributed by atoms with Crippen molar-refractivity contribution < 1.29 is 0 Å². The number of hydrogen-bond acceptors (Lipinski definition) is 4. The molecule has 5 nitrogen and oxygen atoms in total. The van der Waals surface area contributed by atoms with Crippen LogP contribution < -0.4 is 10.6 Å². The molecule has 0 radical (unpaired) electrons. The molecule has 0 amide bonds. The Labute approximate surface area is 178 Å². The Morgan fingerprint density at radius 2 is 1.77 bits per heavy atom. The lowest BCUT2D eigenvalue weighted by atomic mass is 10.1. The Morgan fingerprint density at radius 3 is 2.35 bits per heavy atom. The van der Waals surface area contributed by atoms with E-state index in [4.69, 9.17) is 0 Å². The second-order valence-electron chi connectivity index (χ2n) is 5.87. The van der Waals surface area contributed by atoms with E-state index in [0.717, 1.165) is 37.1 Å². The van der Waals surface area contributed by atoms with Gasteiger partial charge in [-0.1, -0.05) is 38.1 Å². The average molecular weight is 487 g/mol. The number of aryl methyl sites for hydroxylation is 1. The van der Waals surface area contributed by atoms with Crippen molar-refractivity contribution in [3.05, 3.63) is 51.5 Å². The summed E-state index contributed by atoms with van der Waals surface area (Å²) in [6.45, 7) is 11.0. The number of benzene rings is 1. The smallest absolute Gasteiger partial charge is 0.191 e. The van der Waals surface area contributed by atoms with Crippen LogP contribution in [0.2, 0.25) is 0 Å². The molecule has 0 bridgehead atoms. The predicted molar refractivity (Wildman–Crippen MR) is 122 cm³/mol. The molecular weight excluding hydrogens is 457 g/mol. The zero-order valence-corrected chi connectivity index (χ0v) is 19.2. The Hall–Kier alpha value is -1.19. The standard InChI is InChI=1S/C19H29N5S.HI/c1-5-24(6-2)14-17-10-8-7-9-16(17)12-22-19(20-4)23-13-18-21-11-15(3)25-18;/h7-11H,5-6,12-14H2,1-4H3,(H2,20,22,23);1H. The number of guanidine groups is 1. The normalized spacial score (nSPS) is 11.3. The maximum Gasteiger partial charge on any atom is 0.191 e. The molecule has 7 heteroatoms. The summed E-state index contributed by atoms with van der Waals surface area (Å²) in [6.07, 6.45) is 1.90. The van der Waals surface area contributed by atoms with Crippen LogP contribution in [0.3, 0.4) is 0 Å². The number of rotatable bonds is 8. The van der Waals surface area contributed by atoms with E-state index in [1.807, 2.05) is 6.20 Å². The molecule has 0 atom stereocenters. The van der Waals surface area contributed by atoms with Crippen LogP contribution >= 0.6 is 35.3 Å². The number of nitrogens with zero attached hydrogens (tertiary/aromatic N) is 3. The summed E-state index contributed by atoms with van der Waals surface area (Å²) in [4.78, 5) is 12.3. The summed E-state index contributed by atoms with van der Waals surface area (Å²) in [7, 11) is 1.80. The first-order valence-electron chi connectivity index (χ1n) is 8.81. The number of aromatic nitrogens is 1. The van der Waals surface area contributed by atoms with Crippen LogP contribution in [0.1, 0.15) is 34.9 Å². The van der Waals surface area contributed by atoms with Gasteiger partial charge in [0.25, 0.3) is 0 Å². The largest absolute Gasteiger partial charge is 0.352 e. The highest BCUT2D eigenvalue weighted by molar-refractivity contribution is 14.0. The maximum absolute atomic E-state index is 4.37. The summed E-state index contributed by atoms with van der Waals surface area (Å²) in [6, 6.07) is 8.60. The molecule has 0 saturated carbocycles. The van der Waals surface area contributed by atoms with Gasteiger partial charge in [-0.15, -0.1) is 35.3 Å². The fraction of sp³-hybridized carbons (Fsp3) is 0.474. The van der Waals surface area contributed by atoms with Crippen molar-refractivity contribution in [1.82, 2.24) is 20.5 Å². The van der Waals surface area contributed by atoms with E-state index in [0.29, 0.717) is 6.54 Å². The van der Waals surface area contributed by atoms with Gasteiger partial charge >= 0.3 is 0 Å². The minimum atomic E-state index is 0. The van der Waals surface area contributed by atoms with Crippen LogP contribution in [0.25, 0.3) is 0 Å². The first kappa shape index (κ1) is 22.9. The molecule has 0 spiro atoms. The molecule has 1 aromatic heterocycles. The summed E-state index contributed by atoms with van der Waals surface area (Å²) < 4.78 is 0. The van der Waals surface area contributed by atoms with Crippen molar-refractivity contribution in [1.29, 1.82) is 0 Å². The Kier molecular flexibility index (Phi) is 10.8. The topological polar surface area (TPSA) is 52.5 Å². The van der Waals surface area contributed by atoms with Crippen LogP contribution in [-0.2, 0) is 19.6 Å². The van der Waals surface area contributed by atoms with Gasteiger partial charge in [-0.25, -0.2) is 4.98 Å². The SMILES string of the molecule is CCN(CC)Cc1ccccc1CNC(=NC)NCc1ncc(C)s1.I. The molecule has 2 aromatic rings. The lowest BCUT2D eigenvalue weighted by molar-refractivity contribution is 0.295. The number of aliphatic imine (C=N–C) groups is 1. The van der Waals surface area contributed by atoms with E-state index >= 15 is 0 Å². The molecule has 2 rings (SSSR count). The van der Waals surface area contributed by atoms with E-state index in [9.17, 15) is 0 Å². The van der Waals surface area contributed by atoms with Crippen molar-refractivity contribution >= 4 is 41.3 Å². The second-order valence-corrected chi connectivity index (χ2v) is 7.19. The minimum absolute atomic E-state index is 0. The van der Waals surface area contributed by atoms with Gasteiger partial charge in [-0.2, -0.15) is 0 Å². The van der Waals surface area contributed by atoms with Gasteiger partial charge < -0.3 is 10.6 Å². The van der Waals surface area contributed by atoms with E-state index in [1.165, 1.54) is 16.0 Å². The fourth-order valence-electron chi connectivity index (χ4n) is 2.61. The van der Waals surface area contributed by atoms with E-state index < -0.39 is 0 Å². The highest BCUT2D eigenvalue weighted by atomic mass is 127. The molecule has 1 aromatic carbocycles. The Bertz CT molecular complexity index is 682. The number of halogens is 1. The van der Waals surface area contributed by atoms with Gasteiger partial charge in [-0.3, -0.25) is 9.89 Å². The van der Waals surface area contributed by atoms with Crippen LogP contribution in [0.4, 0.5) is 0 Å². The summed E-state index contributed by atoms with van der Waals surface area (Å²) >= 11 is 1.71. The summed E-state index contributed by atoms with van der Waals surface area (Å²) in [5.74, 6) is 0.797. The molecule has 2 N–H and O–H groups in total. The molecule has 144 valence electrons. The van der Waals surface area contributed by atoms with Gasteiger partial charge in [-0.05, 0) is 31.1 Å². The first-order chi connectivity index (χ1) is 12.2. The van der Waals surface area contributed by atoms with Crippen molar-refractivity contribution in [2.45, 2.75) is 40.4 Å². The monoisotopic (exact) mass is 487 g/mol. The van der Waals surface area contributed by atoms with E-state index in [1.54, 1.807) is 18.4 Å². The second kappa shape index (κ2) is 12.2. The highest BCUT2D eigenvalue weighted by Crippen LogP contribution is 2.12. The number of nitrogens with one attached hydrogen (secondary N) is 2. The van der Waals surface area contributed by atoms with Crippen molar-refractivity contribution in [2.75, 3.05) is 20.1 Å². The molecule has 0 aliphatic rings. The number of hydrogen-bond donors (Lipinski definition) is 2. The van der Waals surface area contributed by atoms with Crippen LogP contribution in [-0.4, -0.2) is 36.0 Å². The maximum atomic E-state index is 4.37. The molecule has 0 fully saturated rings. The van der Waals surface area contributed by atoms with Crippen LogP contribution in [0.15, 0.2) is 35.5 Å². The number of thiazole rings is 1. The average Bonchev–Trinajstić information content (AvgIpc) is 3.06. The molecule has 1 heterocycles. The Morgan fingerprint density at radius 1 is 1.12 bits per heavy atom. The Balaban J connectivity index is 0.00000338.